The van der Waals surface area contributed by atoms with Crippen LogP contribution in [0.15, 0.2) is 78.9 Å². The standard InChI is InChI=1S/C38H50F2O3S/c1-3-36(31-17-12-11-13-18-31)37(32-19-23-34(41)24-20-32)33-21-25-35(26-22-33)43-28-14-9-7-5-4-6-8-10-15-29-44(42)30-16-27-38(2,39)40/h11-13,17-26,41H,3-10,14-16,27-30H2,1-2H3/b37-36+. The summed E-state index contributed by atoms with van der Waals surface area (Å²) in [6.07, 6.45) is 11.2. The second-order valence-corrected chi connectivity index (χ2v) is 13.4. The molecular weight excluding hydrogens is 574 g/mol. The van der Waals surface area contributed by atoms with Crippen LogP contribution in [0.25, 0.3) is 11.1 Å². The van der Waals surface area contributed by atoms with Gasteiger partial charge >= 0.3 is 0 Å². The number of aromatic hydroxyl groups is 1. The number of benzene rings is 3. The topological polar surface area (TPSA) is 46.5 Å². The lowest BCUT2D eigenvalue weighted by Crippen LogP contribution is -2.12. The van der Waals surface area contributed by atoms with Crippen LogP contribution in [0, 0.1) is 0 Å². The van der Waals surface area contributed by atoms with Crippen LogP contribution in [0.5, 0.6) is 11.5 Å². The lowest BCUT2D eigenvalue weighted by atomic mass is 9.88. The molecule has 0 spiro atoms. The molecule has 0 saturated heterocycles. The Bertz CT molecular complexity index is 1270. The van der Waals surface area contributed by atoms with Crippen LogP contribution in [0.3, 0.4) is 0 Å². The smallest absolute Gasteiger partial charge is 0.245 e. The second kappa shape index (κ2) is 19.4. The number of alkyl halides is 2. The van der Waals surface area contributed by atoms with Gasteiger partial charge in [-0.3, -0.25) is 4.21 Å². The molecule has 0 fully saturated rings. The van der Waals surface area contributed by atoms with E-state index in [0.29, 0.717) is 24.5 Å². The molecule has 0 aliphatic heterocycles. The Morgan fingerprint density at radius 3 is 1.80 bits per heavy atom. The molecule has 1 atom stereocenters. The summed E-state index contributed by atoms with van der Waals surface area (Å²) in [5.41, 5.74) is 5.82. The number of rotatable bonds is 21. The molecule has 1 unspecified atom stereocenters. The van der Waals surface area contributed by atoms with E-state index in [1.54, 1.807) is 12.1 Å². The quantitative estimate of drug-likeness (QED) is 0.0947. The van der Waals surface area contributed by atoms with Crippen LogP contribution in [0.1, 0.15) is 108 Å². The van der Waals surface area contributed by atoms with Crippen molar-refractivity contribution < 1.29 is 22.8 Å². The van der Waals surface area contributed by atoms with Gasteiger partial charge in [0.05, 0.1) is 6.61 Å². The predicted octanol–water partition coefficient (Wildman–Crippen LogP) is 10.8. The first-order valence-corrected chi connectivity index (χ1v) is 17.8. The third-order valence-electron chi connectivity index (χ3n) is 7.85. The normalized spacial score (nSPS) is 13.0. The van der Waals surface area contributed by atoms with Crippen LogP contribution in [0.2, 0.25) is 0 Å². The van der Waals surface area contributed by atoms with Gasteiger partial charge in [-0.25, -0.2) is 8.78 Å². The molecule has 0 heterocycles. The van der Waals surface area contributed by atoms with Crippen molar-refractivity contribution in [2.75, 3.05) is 18.1 Å². The number of phenols is 1. The van der Waals surface area contributed by atoms with Gasteiger partial charge in [-0.15, -0.1) is 0 Å². The third-order valence-corrected chi connectivity index (χ3v) is 9.34. The van der Waals surface area contributed by atoms with Gasteiger partial charge in [0.2, 0.25) is 5.92 Å². The van der Waals surface area contributed by atoms with E-state index in [4.69, 9.17) is 4.74 Å². The van der Waals surface area contributed by atoms with Crippen molar-refractivity contribution in [2.45, 2.75) is 96.8 Å². The third kappa shape index (κ3) is 13.3. The molecule has 44 heavy (non-hydrogen) atoms. The molecule has 0 radical (unpaired) electrons. The van der Waals surface area contributed by atoms with Crippen molar-refractivity contribution in [2.24, 2.45) is 0 Å². The van der Waals surface area contributed by atoms with Gasteiger partial charge in [-0.1, -0.05) is 106 Å². The van der Waals surface area contributed by atoms with E-state index in [1.807, 2.05) is 30.3 Å². The SMILES string of the molecule is CC/C(=C(/c1ccc(O)cc1)c1ccc(OCCCCCCCCCCCS(=O)CCCC(C)(F)F)cc1)c1ccccc1. The van der Waals surface area contributed by atoms with Gasteiger partial charge in [-0.2, -0.15) is 0 Å². The van der Waals surface area contributed by atoms with Crippen LogP contribution >= 0.6 is 0 Å². The Hall–Kier alpha value is -2.99. The van der Waals surface area contributed by atoms with Crippen molar-refractivity contribution in [1.29, 1.82) is 0 Å². The highest BCUT2D eigenvalue weighted by Crippen LogP contribution is 2.35. The van der Waals surface area contributed by atoms with Crippen LogP contribution in [-0.4, -0.2) is 33.4 Å². The summed E-state index contributed by atoms with van der Waals surface area (Å²) in [7, 11) is -0.959. The summed E-state index contributed by atoms with van der Waals surface area (Å²) in [5.74, 6) is -0.477. The number of halogens is 2. The fraction of sp³-hybridized carbons (Fsp3) is 0.474. The molecule has 1 N–H and O–H groups in total. The molecule has 0 aromatic heterocycles. The number of phenolic OH excluding ortho intramolecular Hbond substituents is 1. The summed E-state index contributed by atoms with van der Waals surface area (Å²) < 4.78 is 43.6. The van der Waals surface area contributed by atoms with E-state index in [0.717, 1.165) is 67.9 Å². The first-order valence-electron chi connectivity index (χ1n) is 16.3. The molecule has 6 heteroatoms. The molecule has 3 rings (SSSR count). The minimum Gasteiger partial charge on any atom is -0.508 e. The molecule has 3 aromatic carbocycles. The molecule has 0 saturated carbocycles. The Labute approximate surface area is 266 Å². The number of ether oxygens (including phenoxy) is 1. The summed E-state index contributed by atoms with van der Waals surface area (Å²) in [6, 6.07) is 26.2. The van der Waals surface area contributed by atoms with Gasteiger partial charge in [-0.05, 0) is 84.7 Å². The van der Waals surface area contributed by atoms with Crippen LogP contribution < -0.4 is 4.74 Å². The fourth-order valence-corrected chi connectivity index (χ4v) is 6.66. The highest BCUT2D eigenvalue weighted by atomic mass is 32.2. The maximum atomic E-state index is 12.8. The maximum Gasteiger partial charge on any atom is 0.245 e. The Balaban J connectivity index is 1.34. The largest absolute Gasteiger partial charge is 0.508 e. The molecule has 0 aliphatic carbocycles. The van der Waals surface area contributed by atoms with Crippen molar-refractivity contribution in [3.8, 4) is 11.5 Å². The maximum absolute atomic E-state index is 12.8. The van der Waals surface area contributed by atoms with Crippen LogP contribution in [0.4, 0.5) is 8.78 Å². The van der Waals surface area contributed by atoms with E-state index >= 15 is 0 Å². The first kappa shape index (κ1) is 35.5. The second-order valence-electron chi connectivity index (χ2n) is 11.7. The molecule has 3 nitrogen and oxygen atoms in total. The fourth-order valence-electron chi connectivity index (χ4n) is 5.46. The van der Waals surface area contributed by atoms with Crippen molar-refractivity contribution in [1.82, 2.24) is 0 Å². The Morgan fingerprint density at radius 2 is 1.23 bits per heavy atom. The van der Waals surface area contributed by atoms with E-state index in [2.05, 4.69) is 43.3 Å². The zero-order valence-corrected chi connectivity index (χ0v) is 27.4. The molecule has 240 valence electrons. The van der Waals surface area contributed by atoms with E-state index < -0.39 is 16.7 Å². The number of hydrogen-bond donors (Lipinski definition) is 1. The highest BCUT2D eigenvalue weighted by Gasteiger charge is 2.20. The first-order chi connectivity index (χ1) is 21.3. The molecular formula is C38H50F2O3S. The average Bonchev–Trinajstić information content (AvgIpc) is 3.01. The van der Waals surface area contributed by atoms with Gasteiger partial charge in [0.15, 0.2) is 0 Å². The van der Waals surface area contributed by atoms with Gasteiger partial charge in [0.25, 0.3) is 0 Å². The lowest BCUT2D eigenvalue weighted by molar-refractivity contribution is 0.0125. The molecule has 0 amide bonds. The van der Waals surface area contributed by atoms with Crippen molar-refractivity contribution in [3.05, 3.63) is 95.6 Å². The van der Waals surface area contributed by atoms with Crippen molar-refractivity contribution >= 4 is 21.9 Å². The summed E-state index contributed by atoms with van der Waals surface area (Å²) >= 11 is 0. The predicted molar refractivity (Wildman–Crippen MR) is 182 cm³/mol. The molecule has 3 aromatic rings. The Morgan fingerprint density at radius 1 is 0.705 bits per heavy atom. The zero-order chi connectivity index (χ0) is 31.6. The van der Waals surface area contributed by atoms with Crippen molar-refractivity contribution in [3.63, 3.8) is 0 Å². The van der Waals surface area contributed by atoms with Gasteiger partial charge < -0.3 is 9.84 Å². The molecule has 0 bridgehead atoms. The van der Waals surface area contributed by atoms with E-state index in [1.165, 1.54) is 36.8 Å². The van der Waals surface area contributed by atoms with Crippen LogP contribution in [-0.2, 0) is 10.8 Å². The number of allylic oxidation sites excluding steroid dienone is 1. The lowest BCUT2D eigenvalue weighted by Gasteiger charge is -2.17. The summed E-state index contributed by atoms with van der Waals surface area (Å²) in [4.78, 5) is 0. The zero-order valence-electron chi connectivity index (χ0n) is 26.5. The number of hydrogen-bond acceptors (Lipinski definition) is 3. The average molecular weight is 625 g/mol. The summed E-state index contributed by atoms with van der Waals surface area (Å²) in [5, 5.41) is 9.86. The number of unbranched alkanes of at least 4 members (excludes halogenated alkanes) is 8. The molecule has 0 aliphatic rings. The Kier molecular flexibility index (Phi) is 15.7. The van der Waals surface area contributed by atoms with E-state index in [9.17, 15) is 18.1 Å². The minimum absolute atomic E-state index is 0.172. The highest BCUT2D eigenvalue weighted by molar-refractivity contribution is 7.84. The minimum atomic E-state index is -2.65. The van der Waals surface area contributed by atoms with E-state index in [-0.39, 0.29) is 12.2 Å². The monoisotopic (exact) mass is 624 g/mol. The van der Waals surface area contributed by atoms with Gasteiger partial charge in [0, 0.05) is 28.7 Å². The van der Waals surface area contributed by atoms with Gasteiger partial charge in [0.1, 0.15) is 11.5 Å². The summed E-state index contributed by atoms with van der Waals surface area (Å²) in [6.45, 7) is 3.81.